The van der Waals surface area contributed by atoms with Gasteiger partial charge >= 0.3 is 5.97 Å². The number of nitrogens with zero attached hydrogens (tertiary/aromatic N) is 1. The molecule has 64 heavy (non-hydrogen) atoms. The summed E-state index contributed by atoms with van der Waals surface area (Å²) in [5.74, 6) is -6.07. The van der Waals surface area contributed by atoms with Gasteiger partial charge in [-0.15, -0.1) is 0 Å². The number of amides is 1. The van der Waals surface area contributed by atoms with E-state index < -0.39 is 71.8 Å². The monoisotopic (exact) mass is 902 g/mol. The van der Waals surface area contributed by atoms with Crippen LogP contribution in [0.1, 0.15) is 131 Å². The van der Waals surface area contributed by atoms with Gasteiger partial charge in [0.1, 0.15) is 24.0 Å². The molecule has 13 atom stereocenters. The highest BCUT2D eigenvalue weighted by Gasteiger charge is 2.52. The molecule has 4 N–H and O–H groups in total. The first kappa shape index (κ1) is 55.0. The van der Waals surface area contributed by atoms with E-state index in [0.717, 1.165) is 42.6 Å². The van der Waals surface area contributed by atoms with E-state index in [1.807, 2.05) is 51.2 Å². The topological polar surface area (TPSA) is 206 Å². The summed E-state index contributed by atoms with van der Waals surface area (Å²) in [4.78, 5) is 65.7. The lowest BCUT2D eigenvalue weighted by atomic mass is 9.79. The maximum Gasteiger partial charge on any atom is 0.326 e. The van der Waals surface area contributed by atoms with Gasteiger partial charge in [-0.1, -0.05) is 64.2 Å². The number of aliphatic carboxylic acids is 1. The molecule has 362 valence electrons. The molecule has 0 aromatic heterocycles. The molecule has 3 rings (SSSR count). The van der Waals surface area contributed by atoms with Crippen molar-refractivity contribution in [2.45, 2.75) is 180 Å². The number of carbonyl (C=O) groups excluding carboxylic acids is 4. The summed E-state index contributed by atoms with van der Waals surface area (Å²) in [6.45, 7) is 11.4. The van der Waals surface area contributed by atoms with Gasteiger partial charge < -0.3 is 44.3 Å². The van der Waals surface area contributed by atoms with Crippen LogP contribution in [-0.2, 0) is 42.9 Å². The second kappa shape index (κ2) is 26.7. The lowest BCUT2D eigenvalue weighted by molar-refractivity contribution is -0.265. The van der Waals surface area contributed by atoms with Gasteiger partial charge in [0.05, 0.1) is 24.4 Å². The number of hydrogen-bond donors (Lipinski definition) is 4. The Morgan fingerprint density at radius 2 is 1.56 bits per heavy atom. The third-order valence-corrected chi connectivity index (χ3v) is 13.8. The quantitative estimate of drug-likeness (QED) is 0.0440. The van der Waals surface area contributed by atoms with Crippen LogP contribution in [0.2, 0.25) is 0 Å². The van der Waals surface area contributed by atoms with Crippen LogP contribution < -0.4 is 0 Å². The van der Waals surface area contributed by atoms with Crippen LogP contribution in [0.3, 0.4) is 0 Å². The van der Waals surface area contributed by atoms with Crippen molar-refractivity contribution in [3.63, 3.8) is 0 Å². The number of Topliss-reactive ketones (excluding diaryl/α,β-unsaturated/α-hetero) is 3. The minimum Gasteiger partial charge on any atom is -0.480 e. The third-order valence-electron chi connectivity index (χ3n) is 13.8. The van der Waals surface area contributed by atoms with Crippen LogP contribution in [0, 0.1) is 29.6 Å². The number of aliphatic hydroxyl groups is 3. The van der Waals surface area contributed by atoms with Crippen molar-refractivity contribution in [3.05, 3.63) is 47.6 Å². The molecule has 2 heterocycles. The first-order valence-corrected chi connectivity index (χ1v) is 23.5. The number of rotatable bonds is 25. The largest absolute Gasteiger partial charge is 0.480 e. The molecule has 1 amide bonds. The van der Waals surface area contributed by atoms with E-state index in [1.165, 1.54) is 7.11 Å². The van der Waals surface area contributed by atoms with Gasteiger partial charge in [0.2, 0.25) is 5.79 Å². The zero-order valence-electron chi connectivity index (χ0n) is 39.9. The predicted molar refractivity (Wildman–Crippen MR) is 243 cm³/mol. The van der Waals surface area contributed by atoms with Crippen molar-refractivity contribution >= 4 is 29.2 Å². The summed E-state index contributed by atoms with van der Waals surface area (Å²) in [6.07, 6.45) is 15.6. The maximum absolute atomic E-state index is 13.4. The average Bonchev–Trinajstić information content (AvgIpc) is 3.27. The lowest BCUT2D eigenvalue weighted by Gasteiger charge is -2.42. The average molecular weight is 902 g/mol. The fraction of sp³-hybridized carbons (Fsp3) is 0.740. The molecule has 0 aromatic carbocycles. The Labute approximate surface area is 381 Å². The van der Waals surface area contributed by atoms with E-state index in [0.29, 0.717) is 62.4 Å². The Hall–Kier alpha value is -3.37. The Morgan fingerprint density at radius 1 is 0.859 bits per heavy atom. The van der Waals surface area contributed by atoms with Gasteiger partial charge in [0.25, 0.3) is 11.7 Å². The highest BCUT2D eigenvalue weighted by molar-refractivity contribution is 6.39. The van der Waals surface area contributed by atoms with Gasteiger partial charge in [-0.25, -0.2) is 4.79 Å². The number of piperidine rings is 1. The zero-order chi connectivity index (χ0) is 47.7. The molecule has 0 radical (unpaired) electrons. The number of carboxylic acid groups (broad SMARTS) is 1. The SMILES string of the molecule is CO[C@@H](C[C@@H]1CC[C@@H](C)[C@](O)(C(=O)C(=O)N2CCCC[C@H]2C(=O)O)O1)/C(C)=C/C=C/C=C/[C@@H](C)CCC(=O)[C@H](OC)[C@H](O)/C(C)=C/[C@@H](C)C(=O)CC[C@H](C)C[C@@H]1CC[C@@H](O)[C@H](OC)C1. The second-order valence-electron chi connectivity index (χ2n) is 18.9. The molecule has 0 aromatic rings. The van der Waals surface area contributed by atoms with Crippen molar-refractivity contribution in [2.24, 2.45) is 29.6 Å². The van der Waals surface area contributed by atoms with Crippen LogP contribution >= 0.6 is 0 Å². The van der Waals surface area contributed by atoms with E-state index in [1.54, 1.807) is 34.1 Å². The second-order valence-corrected chi connectivity index (χ2v) is 18.9. The van der Waals surface area contributed by atoms with Crippen molar-refractivity contribution in [3.8, 4) is 0 Å². The van der Waals surface area contributed by atoms with Crippen LogP contribution in [-0.4, -0.2) is 131 Å². The number of methoxy groups -OCH3 is 3. The van der Waals surface area contributed by atoms with E-state index in [-0.39, 0.29) is 43.0 Å². The molecule has 14 heteroatoms. The number of likely N-dealkylation sites (tertiary alicyclic amines) is 1. The summed E-state index contributed by atoms with van der Waals surface area (Å²) in [5, 5.41) is 42.3. The first-order chi connectivity index (χ1) is 30.3. The van der Waals surface area contributed by atoms with Gasteiger partial charge in [0, 0.05) is 59.0 Å². The molecule has 14 nitrogen and oxygen atoms in total. The third kappa shape index (κ3) is 15.9. The fourth-order valence-electron chi connectivity index (χ4n) is 9.39. The summed E-state index contributed by atoms with van der Waals surface area (Å²) < 4.78 is 22.6. The number of allylic oxidation sites excluding steroid dienone is 6. The summed E-state index contributed by atoms with van der Waals surface area (Å²) in [7, 11) is 4.60. The molecule has 2 saturated heterocycles. The number of ether oxygens (including phenoxy) is 4. The molecule has 0 unspecified atom stereocenters. The Balaban J connectivity index is 1.46. The maximum atomic E-state index is 13.4. The fourth-order valence-corrected chi connectivity index (χ4v) is 9.39. The highest BCUT2D eigenvalue weighted by Crippen LogP contribution is 2.37. The van der Waals surface area contributed by atoms with Crippen molar-refractivity contribution in [1.82, 2.24) is 4.90 Å². The van der Waals surface area contributed by atoms with Crippen LogP contribution in [0.4, 0.5) is 0 Å². The predicted octanol–water partition coefficient (Wildman–Crippen LogP) is 6.48. The molecule has 0 bridgehead atoms. The van der Waals surface area contributed by atoms with E-state index in [4.69, 9.17) is 18.9 Å². The molecule has 2 aliphatic heterocycles. The van der Waals surface area contributed by atoms with E-state index in [2.05, 4.69) is 6.92 Å². The van der Waals surface area contributed by atoms with Crippen LogP contribution in [0.15, 0.2) is 47.6 Å². The van der Waals surface area contributed by atoms with Crippen LogP contribution in [0.5, 0.6) is 0 Å². The summed E-state index contributed by atoms with van der Waals surface area (Å²) in [5.41, 5.74) is 1.39. The minimum atomic E-state index is -2.37. The smallest absolute Gasteiger partial charge is 0.326 e. The molecule has 3 aliphatic rings. The Bertz CT molecular complexity index is 1670. The van der Waals surface area contributed by atoms with Gasteiger partial charge in [0.15, 0.2) is 5.78 Å². The molecule has 0 spiro atoms. The molecular formula is C50H79NO13. The van der Waals surface area contributed by atoms with Crippen molar-refractivity contribution < 1.29 is 63.3 Å². The Morgan fingerprint density at radius 3 is 2.22 bits per heavy atom. The molecule has 1 saturated carbocycles. The summed E-state index contributed by atoms with van der Waals surface area (Å²) in [6, 6.07) is -1.11. The van der Waals surface area contributed by atoms with E-state index >= 15 is 0 Å². The molecule has 3 fully saturated rings. The van der Waals surface area contributed by atoms with Gasteiger partial charge in [-0.05, 0) is 113 Å². The minimum absolute atomic E-state index is 0.0481. The molecular weight excluding hydrogens is 823 g/mol. The van der Waals surface area contributed by atoms with E-state index in [9.17, 15) is 44.4 Å². The number of ketones is 3. The number of carboxylic acids is 1. The lowest BCUT2D eigenvalue weighted by Crippen LogP contribution is -2.60. The number of aliphatic hydroxyl groups excluding tert-OH is 2. The van der Waals surface area contributed by atoms with Crippen molar-refractivity contribution in [2.75, 3.05) is 27.9 Å². The van der Waals surface area contributed by atoms with Crippen molar-refractivity contribution in [1.29, 1.82) is 0 Å². The number of carbonyl (C=O) groups is 5. The van der Waals surface area contributed by atoms with Gasteiger partial charge in [-0.3, -0.25) is 19.2 Å². The first-order valence-electron chi connectivity index (χ1n) is 23.5. The molecule has 1 aliphatic carbocycles. The zero-order valence-corrected chi connectivity index (χ0v) is 39.9. The van der Waals surface area contributed by atoms with Gasteiger partial charge in [-0.2, -0.15) is 0 Å². The number of hydrogen-bond acceptors (Lipinski definition) is 12. The summed E-state index contributed by atoms with van der Waals surface area (Å²) >= 11 is 0. The highest BCUT2D eigenvalue weighted by atomic mass is 16.6. The Kier molecular flexibility index (Phi) is 22.9. The standard InChI is InChI=1S/C50H79NO13/c1-31(18-24-42(54)46(63-9)45(55)35(5)28-34(4)40(52)23-19-32(2)27-37-21-25-41(53)44(29-37)62-8)15-11-10-12-16-33(3)43(61-7)30-38-22-20-36(6)50(60,64-38)47(56)48(57)51-26-14-13-17-39(51)49(58)59/h10-12,15-16,28,31-32,34,36-39,41,43-46,53,55,60H,13-14,17-27,29-30H2,1-9H3,(H,58,59)/b12-10+,15-11+,33-16+,35-28+/t31-,32+,34-,36-,37+,38+,39+,41-,43+,44-,45-,46+,50-/m1/s1. The normalized spacial score (nSPS) is 29.0. The van der Waals surface area contributed by atoms with Crippen LogP contribution in [0.25, 0.3) is 0 Å².